The van der Waals surface area contributed by atoms with Crippen LogP contribution in [0.4, 0.5) is 0 Å². The van der Waals surface area contributed by atoms with Crippen LogP contribution in [0.25, 0.3) is 0 Å². The fraction of sp³-hybridized carbons (Fsp3) is 0.647. The van der Waals surface area contributed by atoms with Gasteiger partial charge in [0, 0.05) is 17.7 Å². The van der Waals surface area contributed by atoms with E-state index in [1.54, 1.807) is 7.11 Å². The van der Waals surface area contributed by atoms with Crippen molar-refractivity contribution in [1.29, 1.82) is 0 Å². The Hall–Kier alpha value is -1.22. The minimum Gasteiger partial charge on any atom is -0.497 e. The fourth-order valence-corrected chi connectivity index (χ4v) is 2.21. The van der Waals surface area contributed by atoms with Gasteiger partial charge in [-0.2, -0.15) is 0 Å². The van der Waals surface area contributed by atoms with Crippen LogP contribution < -0.4 is 14.8 Å². The molecule has 0 amide bonds. The molecule has 1 rings (SSSR count). The van der Waals surface area contributed by atoms with Crippen LogP contribution in [0.2, 0.25) is 0 Å². The first-order valence-corrected chi connectivity index (χ1v) is 7.74. The minimum atomic E-state index is 0.263. The lowest BCUT2D eigenvalue weighted by Gasteiger charge is -2.22. The predicted octanol–water partition coefficient (Wildman–Crippen LogP) is 4.32. The van der Waals surface area contributed by atoms with Crippen molar-refractivity contribution in [3.05, 3.63) is 23.8 Å². The van der Waals surface area contributed by atoms with E-state index in [-0.39, 0.29) is 12.1 Å². The molecule has 0 heterocycles. The number of hydrogen-bond acceptors (Lipinski definition) is 3. The Morgan fingerprint density at radius 3 is 2.40 bits per heavy atom. The molecule has 0 radical (unpaired) electrons. The van der Waals surface area contributed by atoms with Crippen LogP contribution in [0.15, 0.2) is 18.2 Å². The molecule has 1 unspecified atom stereocenters. The quantitative estimate of drug-likeness (QED) is 0.730. The average molecular weight is 279 g/mol. The second kappa shape index (κ2) is 8.85. The zero-order chi connectivity index (χ0) is 15.0. The zero-order valence-electron chi connectivity index (χ0n) is 13.5. The van der Waals surface area contributed by atoms with E-state index in [1.807, 2.05) is 12.1 Å². The Balaban J connectivity index is 2.96. The summed E-state index contributed by atoms with van der Waals surface area (Å²) in [6.07, 6.45) is 3.43. The first-order chi connectivity index (χ1) is 9.65. The van der Waals surface area contributed by atoms with Gasteiger partial charge in [-0.3, -0.25) is 0 Å². The lowest BCUT2D eigenvalue weighted by Crippen LogP contribution is -2.21. The first kappa shape index (κ1) is 16.8. The number of nitrogens with one attached hydrogen (secondary N) is 1. The molecule has 0 aromatic heterocycles. The number of methoxy groups -OCH3 is 1. The molecule has 0 saturated carbocycles. The van der Waals surface area contributed by atoms with Gasteiger partial charge in [-0.1, -0.05) is 26.8 Å². The van der Waals surface area contributed by atoms with Gasteiger partial charge in [0.1, 0.15) is 11.5 Å². The molecule has 0 aliphatic heterocycles. The third-order valence-electron chi connectivity index (χ3n) is 3.59. The summed E-state index contributed by atoms with van der Waals surface area (Å²) >= 11 is 0. The zero-order valence-corrected chi connectivity index (χ0v) is 13.5. The van der Waals surface area contributed by atoms with E-state index in [1.165, 1.54) is 5.56 Å². The van der Waals surface area contributed by atoms with E-state index in [9.17, 15) is 0 Å². The molecule has 0 aliphatic rings. The van der Waals surface area contributed by atoms with Crippen LogP contribution in [0.3, 0.4) is 0 Å². The van der Waals surface area contributed by atoms with Gasteiger partial charge < -0.3 is 14.8 Å². The standard InChI is InChI=1S/C17H29NO2/c1-6-11-18-13(4)16-10-9-15(19-5)12-17(16)20-14(7-2)8-3/h9-10,12-14,18H,6-8,11H2,1-5H3. The molecule has 0 saturated heterocycles. The molecule has 1 atom stereocenters. The van der Waals surface area contributed by atoms with Gasteiger partial charge >= 0.3 is 0 Å². The third kappa shape index (κ3) is 4.71. The lowest BCUT2D eigenvalue weighted by molar-refractivity contribution is 0.189. The smallest absolute Gasteiger partial charge is 0.128 e. The van der Waals surface area contributed by atoms with Crippen LogP contribution in [0, 0.1) is 0 Å². The monoisotopic (exact) mass is 279 g/mol. The van der Waals surface area contributed by atoms with Gasteiger partial charge in [0.25, 0.3) is 0 Å². The molecule has 0 aliphatic carbocycles. The average Bonchev–Trinajstić information content (AvgIpc) is 2.49. The van der Waals surface area contributed by atoms with Gasteiger partial charge in [0.2, 0.25) is 0 Å². The van der Waals surface area contributed by atoms with Gasteiger partial charge in [-0.15, -0.1) is 0 Å². The summed E-state index contributed by atoms with van der Waals surface area (Å²) in [7, 11) is 1.69. The van der Waals surface area contributed by atoms with Crippen molar-refractivity contribution >= 4 is 0 Å². The van der Waals surface area contributed by atoms with E-state index in [2.05, 4.69) is 39.1 Å². The van der Waals surface area contributed by atoms with E-state index in [4.69, 9.17) is 9.47 Å². The van der Waals surface area contributed by atoms with Crippen molar-refractivity contribution in [2.24, 2.45) is 0 Å². The molecule has 114 valence electrons. The summed E-state index contributed by atoms with van der Waals surface area (Å²) in [6, 6.07) is 6.38. The van der Waals surface area contributed by atoms with Gasteiger partial charge in [0.15, 0.2) is 0 Å². The molecular weight excluding hydrogens is 250 g/mol. The second-order valence-electron chi connectivity index (χ2n) is 5.14. The normalized spacial score (nSPS) is 12.5. The topological polar surface area (TPSA) is 30.5 Å². The number of benzene rings is 1. The molecule has 3 heteroatoms. The summed E-state index contributed by atoms with van der Waals surface area (Å²) in [5.74, 6) is 1.78. The molecule has 0 fully saturated rings. The van der Waals surface area contributed by atoms with Gasteiger partial charge in [-0.05, 0) is 38.8 Å². The predicted molar refractivity (Wildman–Crippen MR) is 84.7 cm³/mol. The number of ether oxygens (including phenoxy) is 2. The van der Waals surface area contributed by atoms with Crippen molar-refractivity contribution in [2.45, 2.75) is 59.1 Å². The SMILES string of the molecule is CCCNC(C)c1ccc(OC)cc1OC(CC)CC. The Morgan fingerprint density at radius 2 is 1.85 bits per heavy atom. The van der Waals surface area contributed by atoms with Crippen LogP contribution in [-0.4, -0.2) is 19.8 Å². The maximum atomic E-state index is 6.17. The molecule has 0 spiro atoms. The second-order valence-corrected chi connectivity index (χ2v) is 5.14. The summed E-state index contributed by atoms with van der Waals surface area (Å²) in [5.41, 5.74) is 1.20. The van der Waals surface area contributed by atoms with Crippen molar-refractivity contribution < 1.29 is 9.47 Å². The van der Waals surface area contributed by atoms with E-state index in [0.717, 1.165) is 37.3 Å². The van der Waals surface area contributed by atoms with Crippen LogP contribution in [-0.2, 0) is 0 Å². The Labute approximate surface area is 123 Å². The first-order valence-electron chi connectivity index (χ1n) is 7.74. The molecule has 1 aromatic carbocycles. The van der Waals surface area contributed by atoms with E-state index >= 15 is 0 Å². The van der Waals surface area contributed by atoms with Crippen molar-refractivity contribution in [3.8, 4) is 11.5 Å². The molecule has 0 bridgehead atoms. The maximum absolute atomic E-state index is 6.17. The Morgan fingerprint density at radius 1 is 1.15 bits per heavy atom. The van der Waals surface area contributed by atoms with Gasteiger partial charge in [-0.25, -0.2) is 0 Å². The molecule has 3 nitrogen and oxygen atoms in total. The van der Waals surface area contributed by atoms with Crippen molar-refractivity contribution in [3.63, 3.8) is 0 Å². The minimum absolute atomic E-state index is 0.263. The highest BCUT2D eigenvalue weighted by molar-refractivity contribution is 5.42. The summed E-state index contributed by atoms with van der Waals surface area (Å²) in [4.78, 5) is 0. The van der Waals surface area contributed by atoms with Crippen molar-refractivity contribution in [1.82, 2.24) is 5.32 Å². The van der Waals surface area contributed by atoms with E-state index < -0.39 is 0 Å². The highest BCUT2D eigenvalue weighted by Crippen LogP contribution is 2.31. The van der Waals surface area contributed by atoms with Crippen LogP contribution >= 0.6 is 0 Å². The summed E-state index contributed by atoms with van der Waals surface area (Å²) < 4.78 is 11.5. The summed E-state index contributed by atoms with van der Waals surface area (Å²) in [5, 5.41) is 3.51. The van der Waals surface area contributed by atoms with E-state index in [0.29, 0.717) is 0 Å². The molecule has 1 N–H and O–H groups in total. The Kier molecular flexibility index (Phi) is 7.45. The van der Waals surface area contributed by atoms with Crippen LogP contribution in [0.1, 0.15) is 58.6 Å². The van der Waals surface area contributed by atoms with Gasteiger partial charge in [0.05, 0.1) is 13.2 Å². The third-order valence-corrected chi connectivity index (χ3v) is 3.59. The fourth-order valence-electron chi connectivity index (χ4n) is 2.21. The lowest BCUT2D eigenvalue weighted by atomic mass is 10.1. The molecular formula is C17H29NO2. The molecule has 20 heavy (non-hydrogen) atoms. The maximum Gasteiger partial charge on any atom is 0.128 e. The Bertz CT molecular complexity index is 389. The highest BCUT2D eigenvalue weighted by Gasteiger charge is 2.15. The number of hydrogen-bond donors (Lipinski definition) is 1. The van der Waals surface area contributed by atoms with Crippen molar-refractivity contribution in [2.75, 3.05) is 13.7 Å². The largest absolute Gasteiger partial charge is 0.497 e. The molecule has 1 aromatic rings. The summed E-state index contributed by atoms with van der Waals surface area (Å²) in [6.45, 7) is 9.68. The highest BCUT2D eigenvalue weighted by atomic mass is 16.5. The van der Waals surface area contributed by atoms with Crippen LogP contribution in [0.5, 0.6) is 11.5 Å². The number of rotatable bonds is 9.